The molecule has 0 unspecified atom stereocenters. The van der Waals surface area contributed by atoms with E-state index in [0.717, 1.165) is 18.2 Å². The molecule has 0 spiro atoms. The van der Waals surface area contributed by atoms with E-state index >= 15 is 0 Å². The molecule has 0 amide bonds. The number of hydrogen-bond donors (Lipinski definition) is 3. The summed E-state index contributed by atoms with van der Waals surface area (Å²) in [6.07, 6.45) is 0. The molecule has 0 aromatic heterocycles. The molecule has 0 saturated carbocycles. The van der Waals surface area contributed by atoms with Gasteiger partial charge in [-0.1, -0.05) is 24.3 Å². The van der Waals surface area contributed by atoms with Crippen LogP contribution in [0.25, 0.3) is 0 Å². The first-order chi connectivity index (χ1) is 14.1. The largest absolute Gasteiger partial charge is 1.00 e. The average molecular weight is 454 g/mol. The Kier molecular flexibility index (Phi) is 6.05. The van der Waals surface area contributed by atoms with E-state index in [1.54, 1.807) is 6.07 Å². The van der Waals surface area contributed by atoms with Gasteiger partial charge in [0.2, 0.25) is 0 Å². The maximum atomic E-state index is 13.6. The van der Waals surface area contributed by atoms with Crippen molar-refractivity contribution < 1.29 is 62.3 Å². The number of fused-ring (bicyclic) bond motifs is 2. The van der Waals surface area contributed by atoms with E-state index in [2.05, 4.69) is 5.32 Å². The fourth-order valence-electron chi connectivity index (χ4n) is 3.39. The summed E-state index contributed by atoms with van der Waals surface area (Å²) in [7, 11) is -4.89. The molecule has 154 valence electrons. The van der Waals surface area contributed by atoms with Gasteiger partial charge in [-0.15, -0.1) is 0 Å². The van der Waals surface area contributed by atoms with Crippen LogP contribution in [0.5, 0.6) is 0 Å². The monoisotopic (exact) mass is 454 g/mol. The molecule has 0 fully saturated rings. The standard InChI is InChI=1S/C20H12F2N2O5S.Na.H/c21-9-5-10(22)7-11(6-9)24-14-8-15(30(27,28)29)18(23)17-16(14)19(25)12-3-1-2-4-13(12)20(17)26;;/h1-8,24H,23H2,(H,27,28,29);;/q;+1;-1. The van der Waals surface area contributed by atoms with Gasteiger partial charge in [-0.05, 0) is 18.2 Å². The molecule has 7 nitrogen and oxygen atoms in total. The zero-order valence-electron chi connectivity index (χ0n) is 16.9. The minimum absolute atomic E-state index is 0. The molecule has 4 rings (SSSR count). The number of rotatable bonds is 3. The second-order valence-electron chi connectivity index (χ2n) is 6.55. The Labute approximate surface area is 198 Å². The van der Waals surface area contributed by atoms with Gasteiger partial charge in [0, 0.05) is 22.9 Å². The summed E-state index contributed by atoms with van der Waals surface area (Å²) in [5, 5.41) is 2.55. The van der Waals surface area contributed by atoms with Gasteiger partial charge in [-0.25, -0.2) is 8.78 Å². The van der Waals surface area contributed by atoms with E-state index in [0.29, 0.717) is 6.07 Å². The van der Waals surface area contributed by atoms with Gasteiger partial charge in [-0.2, -0.15) is 8.42 Å². The zero-order chi connectivity index (χ0) is 21.8. The Morgan fingerprint density at radius 3 is 1.94 bits per heavy atom. The van der Waals surface area contributed by atoms with E-state index < -0.39 is 49.5 Å². The fraction of sp³-hybridized carbons (Fsp3) is 0. The molecule has 1 aliphatic carbocycles. The van der Waals surface area contributed by atoms with E-state index in [1.165, 1.54) is 18.2 Å². The average Bonchev–Trinajstić information content (AvgIpc) is 2.65. The second kappa shape index (κ2) is 8.13. The third-order valence-electron chi connectivity index (χ3n) is 4.62. The summed E-state index contributed by atoms with van der Waals surface area (Å²) in [4.78, 5) is 25.3. The summed E-state index contributed by atoms with van der Waals surface area (Å²) in [5.74, 6) is -3.22. The van der Waals surface area contributed by atoms with Gasteiger partial charge < -0.3 is 12.5 Å². The third-order valence-corrected chi connectivity index (χ3v) is 5.51. The summed E-state index contributed by atoms with van der Waals surface area (Å²) in [6.45, 7) is 0. The molecular weight excluding hydrogens is 441 g/mol. The van der Waals surface area contributed by atoms with Crippen molar-refractivity contribution in [2.24, 2.45) is 0 Å². The normalized spacial score (nSPS) is 12.6. The van der Waals surface area contributed by atoms with Crippen LogP contribution in [0.2, 0.25) is 0 Å². The molecule has 0 saturated heterocycles. The maximum absolute atomic E-state index is 13.6. The Morgan fingerprint density at radius 1 is 0.903 bits per heavy atom. The Hall–Kier alpha value is -2.63. The van der Waals surface area contributed by atoms with Crippen molar-refractivity contribution in [1.82, 2.24) is 0 Å². The maximum Gasteiger partial charge on any atom is 1.00 e. The van der Waals surface area contributed by atoms with Crippen LogP contribution in [0.15, 0.2) is 53.4 Å². The van der Waals surface area contributed by atoms with Crippen molar-refractivity contribution >= 4 is 38.7 Å². The van der Waals surface area contributed by atoms with Crippen LogP contribution in [0, 0.1) is 11.6 Å². The number of anilines is 3. The summed E-state index contributed by atoms with van der Waals surface area (Å²) < 4.78 is 60.3. The minimum Gasteiger partial charge on any atom is -1.00 e. The molecular formula is C20H13F2N2NaO5S. The van der Waals surface area contributed by atoms with Crippen LogP contribution in [0.1, 0.15) is 33.3 Å². The minimum atomic E-state index is -4.89. The van der Waals surface area contributed by atoms with Crippen LogP contribution < -0.4 is 40.6 Å². The molecule has 3 aromatic carbocycles. The van der Waals surface area contributed by atoms with E-state index in [-0.39, 0.29) is 59.0 Å². The van der Waals surface area contributed by atoms with E-state index in [1.807, 2.05) is 0 Å². The number of nitrogen functional groups attached to an aromatic ring is 1. The topological polar surface area (TPSA) is 127 Å². The number of carbonyl (C=O) groups is 2. The number of nitrogens with two attached hydrogens (primary N) is 1. The molecule has 3 aromatic rings. The first kappa shape index (κ1) is 23.0. The molecule has 11 heteroatoms. The van der Waals surface area contributed by atoms with Crippen LogP contribution in [0.4, 0.5) is 25.8 Å². The number of carbonyl (C=O) groups excluding carboxylic acids is 2. The van der Waals surface area contributed by atoms with Gasteiger partial charge in [0.25, 0.3) is 10.1 Å². The number of halogens is 2. The SMILES string of the molecule is Nc1c(S(=O)(=O)O)cc(Nc2cc(F)cc(F)c2)c2c1C(=O)c1ccccc1C2=O.[H-].[Na+]. The van der Waals surface area contributed by atoms with Crippen LogP contribution in [-0.4, -0.2) is 24.5 Å². The molecule has 0 radical (unpaired) electrons. The van der Waals surface area contributed by atoms with Crippen molar-refractivity contribution in [3.63, 3.8) is 0 Å². The first-order valence-electron chi connectivity index (χ1n) is 8.43. The predicted molar refractivity (Wildman–Crippen MR) is 105 cm³/mol. The van der Waals surface area contributed by atoms with Gasteiger partial charge in [0.15, 0.2) is 11.6 Å². The summed E-state index contributed by atoms with van der Waals surface area (Å²) >= 11 is 0. The molecule has 0 atom stereocenters. The van der Waals surface area contributed by atoms with Gasteiger partial charge in [-0.3, -0.25) is 14.1 Å². The number of benzene rings is 3. The zero-order valence-corrected chi connectivity index (χ0v) is 18.8. The molecule has 0 heterocycles. The Morgan fingerprint density at radius 2 is 1.42 bits per heavy atom. The quantitative estimate of drug-likeness (QED) is 0.233. The van der Waals surface area contributed by atoms with Crippen molar-refractivity contribution in [2.75, 3.05) is 11.1 Å². The van der Waals surface area contributed by atoms with Crippen molar-refractivity contribution in [2.45, 2.75) is 4.90 Å². The van der Waals surface area contributed by atoms with E-state index in [9.17, 15) is 31.3 Å². The first-order valence-corrected chi connectivity index (χ1v) is 9.87. The van der Waals surface area contributed by atoms with E-state index in [4.69, 9.17) is 5.73 Å². The number of hydrogen-bond acceptors (Lipinski definition) is 6. The van der Waals surface area contributed by atoms with Crippen LogP contribution in [0.3, 0.4) is 0 Å². The molecule has 0 bridgehead atoms. The third kappa shape index (κ3) is 4.00. The number of ketones is 2. The van der Waals surface area contributed by atoms with Crippen molar-refractivity contribution in [3.8, 4) is 0 Å². The Bertz CT molecular complexity index is 1360. The van der Waals surface area contributed by atoms with Crippen LogP contribution in [-0.2, 0) is 10.1 Å². The van der Waals surface area contributed by atoms with Gasteiger partial charge in [0.1, 0.15) is 16.5 Å². The molecule has 31 heavy (non-hydrogen) atoms. The van der Waals surface area contributed by atoms with Crippen molar-refractivity contribution in [1.29, 1.82) is 0 Å². The predicted octanol–water partition coefficient (Wildman–Crippen LogP) is 0.429. The molecule has 0 aliphatic heterocycles. The molecule has 1 aliphatic rings. The fourth-order valence-corrected chi connectivity index (χ4v) is 4.03. The van der Waals surface area contributed by atoms with Gasteiger partial charge >= 0.3 is 29.6 Å². The van der Waals surface area contributed by atoms with Gasteiger partial charge in [0.05, 0.1) is 22.5 Å². The smallest absolute Gasteiger partial charge is 1.00 e. The number of nitrogens with one attached hydrogen (secondary N) is 1. The summed E-state index contributed by atoms with van der Waals surface area (Å²) in [6, 6.07) is 9.13. The molecule has 4 N–H and O–H groups in total. The Balaban J connectivity index is 0.00000181. The second-order valence-corrected chi connectivity index (χ2v) is 7.94. The summed E-state index contributed by atoms with van der Waals surface area (Å²) in [5.41, 5.74) is 4.21. The van der Waals surface area contributed by atoms with Crippen LogP contribution >= 0.6 is 0 Å². The van der Waals surface area contributed by atoms with Crippen molar-refractivity contribution in [3.05, 3.63) is 82.4 Å².